The number of hydrogen-bond donors (Lipinski definition) is 0. The summed E-state index contributed by atoms with van der Waals surface area (Å²) in [5.41, 5.74) is 7.54. The lowest BCUT2D eigenvalue weighted by Crippen LogP contribution is -2.43. The van der Waals surface area contributed by atoms with E-state index < -0.39 is 0 Å². The van der Waals surface area contributed by atoms with Crippen molar-refractivity contribution in [2.24, 2.45) is 0 Å². The fourth-order valence-corrected chi connectivity index (χ4v) is 5.97. The molecule has 0 aromatic heterocycles. The van der Waals surface area contributed by atoms with Gasteiger partial charge in [-0.05, 0) is 64.8 Å². The van der Waals surface area contributed by atoms with E-state index in [0.29, 0.717) is 17.2 Å². The molecule has 0 spiro atoms. The molecule has 1 aliphatic carbocycles. The van der Waals surface area contributed by atoms with Crippen molar-refractivity contribution >= 4 is 23.3 Å². The molecule has 4 nitrogen and oxygen atoms in total. The zero-order valence-electron chi connectivity index (χ0n) is 18.6. The molecule has 34 heavy (non-hydrogen) atoms. The van der Waals surface area contributed by atoms with Crippen LogP contribution in [-0.2, 0) is 4.74 Å². The molecule has 2 atom stereocenters. The molecule has 0 radical (unpaired) electrons. The third kappa shape index (κ3) is 3.40. The second-order valence-electron chi connectivity index (χ2n) is 9.21. The van der Waals surface area contributed by atoms with Gasteiger partial charge in [0, 0.05) is 12.0 Å². The summed E-state index contributed by atoms with van der Waals surface area (Å²) in [6, 6.07) is 24.6. The van der Waals surface area contributed by atoms with E-state index in [1.54, 1.807) is 6.07 Å². The summed E-state index contributed by atoms with van der Waals surface area (Å²) in [6.07, 6.45) is 4.56. The third-order valence-corrected chi connectivity index (χ3v) is 7.73. The van der Waals surface area contributed by atoms with E-state index in [-0.39, 0.29) is 24.1 Å². The highest BCUT2D eigenvalue weighted by Crippen LogP contribution is 2.45. The molecule has 0 N–H and O–H groups in total. The van der Waals surface area contributed by atoms with Gasteiger partial charge >= 0.3 is 6.09 Å². The molecule has 2 bridgehead atoms. The van der Waals surface area contributed by atoms with Gasteiger partial charge in [0.1, 0.15) is 12.7 Å². The van der Waals surface area contributed by atoms with Gasteiger partial charge in [-0.1, -0.05) is 72.3 Å². The van der Waals surface area contributed by atoms with Crippen molar-refractivity contribution < 1.29 is 9.53 Å². The number of carbonyl (C=O) groups excluding carboxylic acids is 1. The first kappa shape index (κ1) is 21.0. The van der Waals surface area contributed by atoms with Crippen LogP contribution in [0.1, 0.15) is 47.4 Å². The molecule has 2 aliphatic heterocycles. The normalized spacial score (nSPS) is 20.4. The van der Waals surface area contributed by atoms with Crippen molar-refractivity contribution in [2.75, 3.05) is 6.61 Å². The first-order valence-electron chi connectivity index (χ1n) is 11.7. The van der Waals surface area contributed by atoms with Crippen LogP contribution >= 0.6 is 11.6 Å². The van der Waals surface area contributed by atoms with Crippen molar-refractivity contribution in [3.8, 4) is 17.2 Å². The minimum Gasteiger partial charge on any atom is -0.448 e. The average molecular weight is 467 g/mol. The summed E-state index contributed by atoms with van der Waals surface area (Å²) in [5.74, 6) is 0.0587. The Bertz CT molecular complexity index is 1330. The van der Waals surface area contributed by atoms with Crippen LogP contribution in [0.5, 0.6) is 0 Å². The Labute approximate surface area is 204 Å². The predicted molar refractivity (Wildman–Crippen MR) is 132 cm³/mol. The van der Waals surface area contributed by atoms with Crippen LogP contribution in [0.15, 0.2) is 72.8 Å². The number of carbonyl (C=O) groups is 1. The van der Waals surface area contributed by atoms with Crippen LogP contribution < -0.4 is 0 Å². The first-order chi connectivity index (χ1) is 16.6. The molecule has 3 aliphatic rings. The standard InChI is InChI=1S/C29H23ClN2O2/c30-28-12-9-18(13-20(28)16-31)19-14-21-10-11-22(15-19)32(21)29(33)34-17-27-25-7-3-1-5-23(25)24-6-2-4-8-26(24)27/h1-9,12-14,21-22,27H,10-11,15,17H2. The van der Waals surface area contributed by atoms with E-state index in [1.807, 2.05) is 29.2 Å². The lowest BCUT2D eigenvalue weighted by atomic mass is 9.94. The van der Waals surface area contributed by atoms with Gasteiger partial charge in [-0.25, -0.2) is 4.79 Å². The Morgan fingerprint density at radius 1 is 1.03 bits per heavy atom. The van der Waals surface area contributed by atoms with Gasteiger partial charge in [0.25, 0.3) is 0 Å². The maximum absolute atomic E-state index is 13.2. The largest absolute Gasteiger partial charge is 0.448 e. The Morgan fingerprint density at radius 2 is 1.74 bits per heavy atom. The molecular weight excluding hydrogens is 444 g/mol. The van der Waals surface area contributed by atoms with Crippen LogP contribution in [0.3, 0.4) is 0 Å². The molecular formula is C29H23ClN2O2. The van der Waals surface area contributed by atoms with Gasteiger partial charge in [0.15, 0.2) is 0 Å². The van der Waals surface area contributed by atoms with Crippen LogP contribution in [-0.4, -0.2) is 29.7 Å². The number of amides is 1. The Hall–Kier alpha value is -3.55. The summed E-state index contributed by atoms with van der Waals surface area (Å²) in [4.78, 5) is 15.2. The van der Waals surface area contributed by atoms with Crippen molar-refractivity contribution in [1.82, 2.24) is 4.90 Å². The molecule has 3 aromatic rings. The number of benzene rings is 3. The Balaban J connectivity index is 1.20. The average Bonchev–Trinajstić information content (AvgIpc) is 3.33. The van der Waals surface area contributed by atoms with Gasteiger partial charge in [0.05, 0.1) is 16.6 Å². The molecule has 3 aromatic carbocycles. The molecule has 1 saturated heterocycles. The lowest BCUT2D eigenvalue weighted by Gasteiger charge is -2.33. The summed E-state index contributed by atoms with van der Waals surface area (Å²) in [6.45, 7) is 0.335. The summed E-state index contributed by atoms with van der Waals surface area (Å²) >= 11 is 6.11. The van der Waals surface area contributed by atoms with Crippen LogP contribution in [0.25, 0.3) is 16.7 Å². The van der Waals surface area contributed by atoms with E-state index in [9.17, 15) is 10.1 Å². The molecule has 168 valence electrons. The van der Waals surface area contributed by atoms with Crippen molar-refractivity contribution in [3.63, 3.8) is 0 Å². The Kier molecular flexibility index (Phi) is 5.16. The molecule has 2 heterocycles. The van der Waals surface area contributed by atoms with E-state index >= 15 is 0 Å². The summed E-state index contributed by atoms with van der Waals surface area (Å²) in [5, 5.41) is 9.78. The van der Waals surface area contributed by atoms with Crippen LogP contribution in [0.2, 0.25) is 5.02 Å². The highest BCUT2D eigenvalue weighted by atomic mass is 35.5. The second kappa shape index (κ2) is 8.34. The highest BCUT2D eigenvalue weighted by Gasteiger charge is 2.41. The van der Waals surface area contributed by atoms with Crippen molar-refractivity contribution in [1.29, 1.82) is 5.26 Å². The van der Waals surface area contributed by atoms with Crippen LogP contribution in [0.4, 0.5) is 4.79 Å². The number of hydrogen-bond acceptors (Lipinski definition) is 3. The minimum absolute atomic E-state index is 0.0191. The Morgan fingerprint density at radius 3 is 2.41 bits per heavy atom. The third-order valence-electron chi connectivity index (χ3n) is 7.40. The molecule has 2 unspecified atom stereocenters. The van der Waals surface area contributed by atoms with E-state index in [1.165, 1.54) is 27.8 Å². The highest BCUT2D eigenvalue weighted by molar-refractivity contribution is 6.31. The zero-order valence-corrected chi connectivity index (χ0v) is 19.3. The smallest absolute Gasteiger partial charge is 0.410 e. The molecule has 1 fully saturated rings. The number of nitriles is 1. The van der Waals surface area contributed by atoms with E-state index in [0.717, 1.165) is 24.8 Å². The van der Waals surface area contributed by atoms with Gasteiger partial charge in [-0.15, -0.1) is 0 Å². The van der Waals surface area contributed by atoms with Gasteiger partial charge in [0.2, 0.25) is 0 Å². The monoisotopic (exact) mass is 466 g/mol. The van der Waals surface area contributed by atoms with E-state index in [2.05, 4.69) is 48.5 Å². The molecule has 0 saturated carbocycles. The quantitative estimate of drug-likeness (QED) is 0.427. The number of fused-ring (bicyclic) bond motifs is 5. The van der Waals surface area contributed by atoms with Crippen LogP contribution in [0, 0.1) is 11.3 Å². The van der Waals surface area contributed by atoms with Gasteiger partial charge in [-0.2, -0.15) is 5.26 Å². The fourth-order valence-electron chi connectivity index (χ4n) is 5.81. The fraction of sp³-hybridized carbons (Fsp3) is 0.241. The molecule has 6 rings (SSSR count). The summed E-state index contributed by atoms with van der Waals surface area (Å²) < 4.78 is 5.95. The van der Waals surface area contributed by atoms with Crippen molar-refractivity contribution in [3.05, 3.63) is 100 Å². The summed E-state index contributed by atoms with van der Waals surface area (Å²) in [7, 11) is 0. The number of halogens is 1. The minimum atomic E-state index is -0.238. The maximum Gasteiger partial charge on any atom is 0.410 e. The number of nitrogens with zero attached hydrogens (tertiary/aromatic N) is 2. The number of ether oxygens (including phenoxy) is 1. The lowest BCUT2D eigenvalue weighted by molar-refractivity contribution is 0.0866. The predicted octanol–water partition coefficient (Wildman–Crippen LogP) is 6.78. The zero-order chi connectivity index (χ0) is 23.2. The number of rotatable bonds is 3. The van der Waals surface area contributed by atoms with Crippen molar-refractivity contribution in [2.45, 2.75) is 37.3 Å². The second-order valence-corrected chi connectivity index (χ2v) is 9.62. The first-order valence-corrected chi connectivity index (χ1v) is 12.1. The van der Waals surface area contributed by atoms with E-state index in [4.69, 9.17) is 16.3 Å². The topological polar surface area (TPSA) is 53.3 Å². The van der Waals surface area contributed by atoms with Gasteiger partial charge in [-0.3, -0.25) is 4.90 Å². The van der Waals surface area contributed by atoms with Gasteiger partial charge < -0.3 is 4.74 Å². The molecule has 5 heteroatoms. The SMILES string of the molecule is N#Cc1cc(C2=CC3CCC(C2)N3C(=O)OCC2c3ccccc3-c3ccccc32)ccc1Cl. The maximum atomic E-state index is 13.2. The molecule has 1 amide bonds.